The Hall–Kier alpha value is -1.89. The average Bonchev–Trinajstić information content (AvgIpc) is 3.03. The summed E-state index contributed by atoms with van der Waals surface area (Å²) in [6, 6.07) is 3.88. The van der Waals surface area contributed by atoms with E-state index in [-0.39, 0.29) is 11.2 Å². The maximum absolute atomic E-state index is 13.0. The first kappa shape index (κ1) is 19.9. The number of amides is 1. The molecule has 2 aromatic heterocycles. The van der Waals surface area contributed by atoms with Crippen LogP contribution in [-0.4, -0.2) is 48.9 Å². The molecule has 0 saturated carbocycles. The van der Waals surface area contributed by atoms with Crippen molar-refractivity contribution in [2.45, 2.75) is 57.5 Å². The van der Waals surface area contributed by atoms with Gasteiger partial charge in [-0.1, -0.05) is 32.5 Å². The molecular formula is C20H29N5OS. The predicted molar refractivity (Wildman–Crippen MR) is 108 cm³/mol. The Kier molecular flexibility index (Phi) is 6.52. The summed E-state index contributed by atoms with van der Waals surface area (Å²) in [6.07, 6.45) is 5.70. The van der Waals surface area contributed by atoms with Crippen LogP contribution in [0.3, 0.4) is 0 Å². The lowest BCUT2D eigenvalue weighted by atomic mass is 9.92. The van der Waals surface area contributed by atoms with E-state index in [4.69, 9.17) is 0 Å². The van der Waals surface area contributed by atoms with Crippen LogP contribution in [0.5, 0.6) is 0 Å². The first-order valence-electron chi connectivity index (χ1n) is 9.78. The summed E-state index contributed by atoms with van der Waals surface area (Å²) in [7, 11) is 0. The predicted octanol–water partition coefficient (Wildman–Crippen LogP) is 3.74. The smallest absolute Gasteiger partial charge is 0.235 e. The van der Waals surface area contributed by atoms with E-state index in [1.165, 1.54) is 18.2 Å². The third-order valence-corrected chi connectivity index (χ3v) is 5.98. The molecule has 3 heterocycles. The molecule has 0 aromatic carbocycles. The molecule has 3 atom stereocenters. The number of thioether (sulfide) groups is 1. The molecule has 7 heteroatoms. The molecule has 1 aliphatic heterocycles. The van der Waals surface area contributed by atoms with E-state index in [0.717, 1.165) is 42.6 Å². The van der Waals surface area contributed by atoms with Gasteiger partial charge >= 0.3 is 0 Å². The number of likely N-dealkylation sites (tertiary alicyclic amines) is 1. The van der Waals surface area contributed by atoms with Crippen LogP contribution < -0.4 is 0 Å². The minimum atomic E-state index is -0.174. The van der Waals surface area contributed by atoms with E-state index in [0.29, 0.717) is 11.8 Å². The van der Waals surface area contributed by atoms with Gasteiger partial charge in [-0.2, -0.15) is 0 Å². The van der Waals surface area contributed by atoms with Crippen LogP contribution in [-0.2, 0) is 11.3 Å². The second kappa shape index (κ2) is 8.87. The molecule has 0 bridgehead atoms. The SMILES string of the molecule is CCCn1c(SC(C)C(=O)N2CC(C)CC(C)C2)nnc1-c1ccncc1. The van der Waals surface area contributed by atoms with Crippen LogP contribution in [0.25, 0.3) is 11.4 Å². The van der Waals surface area contributed by atoms with Gasteiger partial charge in [0.1, 0.15) is 0 Å². The first-order chi connectivity index (χ1) is 13.0. The number of nitrogens with zero attached hydrogens (tertiary/aromatic N) is 5. The van der Waals surface area contributed by atoms with E-state index in [9.17, 15) is 4.79 Å². The van der Waals surface area contributed by atoms with Crippen molar-refractivity contribution in [3.8, 4) is 11.4 Å². The van der Waals surface area contributed by atoms with Gasteiger partial charge in [0.25, 0.3) is 0 Å². The van der Waals surface area contributed by atoms with Gasteiger partial charge in [0, 0.05) is 37.6 Å². The van der Waals surface area contributed by atoms with Gasteiger partial charge in [-0.3, -0.25) is 9.78 Å². The Balaban J connectivity index is 1.76. The third-order valence-electron chi connectivity index (χ3n) is 4.91. The summed E-state index contributed by atoms with van der Waals surface area (Å²) in [4.78, 5) is 19.1. The molecule has 1 amide bonds. The largest absolute Gasteiger partial charge is 0.341 e. The van der Waals surface area contributed by atoms with Gasteiger partial charge in [-0.25, -0.2) is 0 Å². The summed E-state index contributed by atoms with van der Waals surface area (Å²) in [5.41, 5.74) is 0.996. The van der Waals surface area contributed by atoms with Crippen LogP contribution in [0, 0.1) is 11.8 Å². The average molecular weight is 388 g/mol. The first-order valence-corrected chi connectivity index (χ1v) is 10.7. The van der Waals surface area contributed by atoms with E-state index in [2.05, 4.69) is 40.5 Å². The van der Waals surface area contributed by atoms with Gasteiger partial charge in [-0.05, 0) is 43.7 Å². The minimum Gasteiger partial charge on any atom is -0.341 e. The van der Waals surface area contributed by atoms with Crippen LogP contribution in [0.4, 0.5) is 0 Å². The molecule has 0 aliphatic carbocycles. The lowest BCUT2D eigenvalue weighted by Gasteiger charge is -2.36. The van der Waals surface area contributed by atoms with Gasteiger partial charge in [0.2, 0.25) is 5.91 Å². The fourth-order valence-electron chi connectivity index (χ4n) is 3.82. The maximum atomic E-state index is 13.0. The zero-order valence-corrected chi connectivity index (χ0v) is 17.4. The van der Waals surface area contributed by atoms with Gasteiger partial charge < -0.3 is 9.47 Å². The molecule has 6 nitrogen and oxygen atoms in total. The molecule has 1 saturated heterocycles. The summed E-state index contributed by atoms with van der Waals surface area (Å²) in [5, 5.41) is 9.42. The van der Waals surface area contributed by atoms with Gasteiger partial charge in [0.05, 0.1) is 5.25 Å². The Morgan fingerprint density at radius 1 is 1.22 bits per heavy atom. The van der Waals surface area contributed by atoms with Crippen molar-refractivity contribution in [2.75, 3.05) is 13.1 Å². The monoisotopic (exact) mass is 387 g/mol. The zero-order valence-electron chi connectivity index (χ0n) is 16.6. The summed E-state index contributed by atoms with van der Waals surface area (Å²) in [6.45, 7) is 11.1. The molecule has 0 N–H and O–H groups in total. The fraction of sp³-hybridized carbons (Fsp3) is 0.600. The molecular weight excluding hydrogens is 358 g/mol. The van der Waals surface area contributed by atoms with Crippen molar-refractivity contribution in [1.29, 1.82) is 0 Å². The van der Waals surface area contributed by atoms with Crippen molar-refractivity contribution in [2.24, 2.45) is 11.8 Å². The molecule has 2 aromatic rings. The highest BCUT2D eigenvalue weighted by Gasteiger charge is 2.29. The molecule has 0 spiro atoms. The molecule has 3 rings (SSSR count). The highest BCUT2D eigenvalue weighted by Crippen LogP contribution is 2.29. The number of hydrogen-bond donors (Lipinski definition) is 0. The van der Waals surface area contributed by atoms with Crippen LogP contribution in [0.15, 0.2) is 29.7 Å². The molecule has 27 heavy (non-hydrogen) atoms. The lowest BCUT2D eigenvalue weighted by molar-refractivity contribution is -0.132. The molecule has 3 unspecified atom stereocenters. The Labute approximate surface area is 165 Å². The number of carbonyl (C=O) groups is 1. The summed E-state index contributed by atoms with van der Waals surface area (Å²) >= 11 is 1.51. The number of carbonyl (C=O) groups excluding carboxylic acids is 1. The van der Waals surface area contributed by atoms with E-state index < -0.39 is 0 Å². The highest BCUT2D eigenvalue weighted by atomic mass is 32.2. The Bertz CT molecular complexity index is 753. The maximum Gasteiger partial charge on any atom is 0.235 e. The van der Waals surface area contributed by atoms with Gasteiger partial charge in [-0.15, -0.1) is 10.2 Å². The fourth-order valence-corrected chi connectivity index (χ4v) is 4.78. The van der Waals surface area contributed by atoms with E-state index in [1.54, 1.807) is 12.4 Å². The number of piperidine rings is 1. The Morgan fingerprint density at radius 3 is 2.52 bits per heavy atom. The highest BCUT2D eigenvalue weighted by molar-refractivity contribution is 8.00. The topological polar surface area (TPSA) is 63.9 Å². The number of hydrogen-bond acceptors (Lipinski definition) is 5. The van der Waals surface area contributed by atoms with E-state index in [1.807, 2.05) is 24.0 Å². The molecule has 1 aliphatic rings. The summed E-state index contributed by atoms with van der Waals surface area (Å²) < 4.78 is 2.12. The Morgan fingerprint density at radius 2 is 1.89 bits per heavy atom. The van der Waals surface area contributed by atoms with Crippen molar-refractivity contribution in [3.63, 3.8) is 0 Å². The standard InChI is InChI=1S/C20H29N5OS/c1-5-10-25-18(17-6-8-21-9-7-17)22-23-20(25)27-16(4)19(26)24-12-14(2)11-15(3)13-24/h6-9,14-16H,5,10-13H2,1-4H3. The van der Waals surface area contributed by atoms with Crippen molar-refractivity contribution in [1.82, 2.24) is 24.6 Å². The molecule has 0 radical (unpaired) electrons. The van der Waals surface area contributed by atoms with Crippen LogP contribution in [0.2, 0.25) is 0 Å². The molecule has 1 fully saturated rings. The number of rotatable bonds is 6. The van der Waals surface area contributed by atoms with Crippen LogP contribution in [0.1, 0.15) is 40.5 Å². The van der Waals surface area contributed by atoms with Crippen molar-refractivity contribution in [3.05, 3.63) is 24.5 Å². The van der Waals surface area contributed by atoms with Crippen molar-refractivity contribution < 1.29 is 4.79 Å². The quantitative estimate of drug-likeness (QED) is 0.707. The number of pyridine rings is 1. The van der Waals surface area contributed by atoms with E-state index >= 15 is 0 Å². The summed E-state index contributed by atoms with van der Waals surface area (Å²) in [5.74, 6) is 2.17. The zero-order chi connectivity index (χ0) is 19.4. The molecule has 146 valence electrons. The number of aromatic nitrogens is 4. The second-order valence-electron chi connectivity index (χ2n) is 7.64. The normalized spacial score (nSPS) is 21.3. The van der Waals surface area contributed by atoms with Crippen molar-refractivity contribution >= 4 is 17.7 Å². The minimum absolute atomic E-state index is 0.174. The van der Waals surface area contributed by atoms with Crippen LogP contribution >= 0.6 is 11.8 Å². The van der Waals surface area contributed by atoms with Gasteiger partial charge in [0.15, 0.2) is 11.0 Å². The second-order valence-corrected chi connectivity index (χ2v) is 8.95. The lowest BCUT2D eigenvalue weighted by Crippen LogP contribution is -2.45. The third kappa shape index (κ3) is 4.69.